The van der Waals surface area contributed by atoms with Crippen molar-refractivity contribution < 1.29 is 9.53 Å². The van der Waals surface area contributed by atoms with Crippen molar-refractivity contribution >= 4 is 23.3 Å². The summed E-state index contributed by atoms with van der Waals surface area (Å²) in [5, 5.41) is 8.52. The van der Waals surface area contributed by atoms with E-state index >= 15 is 0 Å². The normalized spacial score (nSPS) is 19.4. The summed E-state index contributed by atoms with van der Waals surface area (Å²) in [7, 11) is 0. The van der Waals surface area contributed by atoms with Crippen LogP contribution in [0.15, 0.2) is 12.1 Å². The Morgan fingerprint density at radius 2 is 1.88 bits per heavy atom. The highest BCUT2D eigenvalue weighted by molar-refractivity contribution is 6.18. The summed E-state index contributed by atoms with van der Waals surface area (Å²) in [5.41, 5.74) is 0. The van der Waals surface area contributed by atoms with Gasteiger partial charge in [-0.2, -0.15) is 0 Å². The van der Waals surface area contributed by atoms with Gasteiger partial charge in [0, 0.05) is 44.5 Å². The lowest BCUT2D eigenvalue weighted by atomic mass is 9.98. The molecule has 1 amide bonds. The molecule has 7 heteroatoms. The highest BCUT2D eigenvalue weighted by Crippen LogP contribution is 2.23. The van der Waals surface area contributed by atoms with Crippen LogP contribution in [-0.2, 0) is 4.79 Å². The van der Waals surface area contributed by atoms with E-state index < -0.39 is 0 Å². The summed E-state index contributed by atoms with van der Waals surface area (Å²) in [6.45, 7) is 2.95. The van der Waals surface area contributed by atoms with E-state index in [4.69, 9.17) is 16.3 Å². The van der Waals surface area contributed by atoms with E-state index in [-0.39, 0.29) is 12.0 Å². The van der Waals surface area contributed by atoms with Gasteiger partial charge >= 0.3 is 0 Å². The SMILES string of the molecule is O=C(CCCl)N1CCN(c2ccc(OC3CCCCC3)nn2)CC1. The number of hydrogen-bond donors (Lipinski definition) is 0. The van der Waals surface area contributed by atoms with Gasteiger partial charge < -0.3 is 14.5 Å². The predicted molar refractivity (Wildman–Crippen MR) is 93.7 cm³/mol. The molecule has 1 aliphatic carbocycles. The van der Waals surface area contributed by atoms with Crippen molar-refractivity contribution in [1.82, 2.24) is 15.1 Å². The summed E-state index contributed by atoms with van der Waals surface area (Å²) in [6.07, 6.45) is 6.71. The molecule has 3 rings (SSSR count). The smallest absolute Gasteiger partial charge is 0.233 e. The van der Waals surface area contributed by atoms with Crippen LogP contribution in [0.1, 0.15) is 38.5 Å². The maximum absolute atomic E-state index is 11.9. The average Bonchev–Trinajstić information content (AvgIpc) is 2.64. The van der Waals surface area contributed by atoms with Gasteiger partial charge in [0.25, 0.3) is 0 Å². The van der Waals surface area contributed by atoms with E-state index in [0.717, 1.165) is 31.7 Å². The van der Waals surface area contributed by atoms with Crippen LogP contribution in [0.25, 0.3) is 0 Å². The number of nitrogens with zero attached hydrogens (tertiary/aromatic N) is 4. The number of halogens is 1. The molecule has 0 atom stereocenters. The molecule has 0 radical (unpaired) electrons. The Morgan fingerprint density at radius 1 is 1.12 bits per heavy atom. The minimum Gasteiger partial charge on any atom is -0.473 e. The van der Waals surface area contributed by atoms with E-state index in [9.17, 15) is 4.79 Å². The highest BCUT2D eigenvalue weighted by Gasteiger charge is 2.22. The maximum atomic E-state index is 11.9. The van der Waals surface area contributed by atoms with E-state index in [1.165, 1.54) is 19.3 Å². The van der Waals surface area contributed by atoms with Crippen molar-refractivity contribution in [3.05, 3.63) is 12.1 Å². The number of amides is 1. The Bertz CT molecular complexity index is 526. The fourth-order valence-electron chi connectivity index (χ4n) is 3.32. The van der Waals surface area contributed by atoms with Crippen LogP contribution >= 0.6 is 11.6 Å². The fourth-order valence-corrected chi connectivity index (χ4v) is 3.48. The van der Waals surface area contributed by atoms with Crippen LogP contribution in [0.3, 0.4) is 0 Å². The number of carbonyl (C=O) groups is 1. The van der Waals surface area contributed by atoms with Crippen molar-refractivity contribution in [3.63, 3.8) is 0 Å². The molecule has 6 nitrogen and oxygen atoms in total. The minimum atomic E-state index is 0.131. The maximum Gasteiger partial charge on any atom is 0.233 e. The predicted octanol–water partition coefficient (Wildman–Crippen LogP) is 2.47. The number of alkyl halides is 1. The van der Waals surface area contributed by atoms with Crippen LogP contribution in [0.2, 0.25) is 0 Å². The molecule has 1 saturated heterocycles. The molecule has 0 bridgehead atoms. The lowest BCUT2D eigenvalue weighted by molar-refractivity contribution is -0.131. The second-order valence-corrected chi connectivity index (χ2v) is 6.79. The summed E-state index contributed by atoms with van der Waals surface area (Å²) >= 11 is 5.64. The number of rotatable bonds is 5. The molecule has 1 saturated carbocycles. The molecule has 2 fully saturated rings. The van der Waals surface area contributed by atoms with E-state index in [2.05, 4.69) is 15.1 Å². The minimum absolute atomic E-state index is 0.131. The molecule has 0 spiro atoms. The Labute approximate surface area is 148 Å². The quantitative estimate of drug-likeness (QED) is 0.762. The molecule has 1 aromatic heterocycles. The first-order chi connectivity index (χ1) is 11.8. The summed E-state index contributed by atoms with van der Waals surface area (Å²) in [5.74, 6) is 1.97. The summed E-state index contributed by atoms with van der Waals surface area (Å²) in [4.78, 5) is 15.9. The zero-order valence-electron chi connectivity index (χ0n) is 14.0. The molecule has 2 heterocycles. The van der Waals surface area contributed by atoms with Gasteiger partial charge in [-0.3, -0.25) is 4.79 Å². The molecule has 0 aromatic carbocycles. The van der Waals surface area contributed by atoms with Gasteiger partial charge in [-0.05, 0) is 31.7 Å². The second kappa shape index (κ2) is 8.51. The summed E-state index contributed by atoms with van der Waals surface area (Å²) in [6, 6.07) is 3.86. The average molecular weight is 353 g/mol. The first kappa shape index (κ1) is 17.3. The van der Waals surface area contributed by atoms with Gasteiger partial charge in [0.2, 0.25) is 11.8 Å². The van der Waals surface area contributed by atoms with Gasteiger partial charge in [0.1, 0.15) is 6.10 Å². The molecular weight excluding hydrogens is 328 g/mol. The molecule has 1 aliphatic heterocycles. The number of anilines is 1. The lowest BCUT2D eigenvalue weighted by Crippen LogP contribution is -2.49. The largest absolute Gasteiger partial charge is 0.473 e. The van der Waals surface area contributed by atoms with Crippen LogP contribution in [0, 0.1) is 0 Å². The molecule has 0 unspecified atom stereocenters. The number of hydrogen-bond acceptors (Lipinski definition) is 5. The third-order valence-electron chi connectivity index (χ3n) is 4.73. The van der Waals surface area contributed by atoms with Gasteiger partial charge in [0.05, 0.1) is 0 Å². The van der Waals surface area contributed by atoms with E-state index in [0.29, 0.717) is 31.3 Å². The Balaban J connectivity index is 1.50. The van der Waals surface area contributed by atoms with Gasteiger partial charge in [0.15, 0.2) is 5.82 Å². The Morgan fingerprint density at radius 3 is 2.50 bits per heavy atom. The topological polar surface area (TPSA) is 58.6 Å². The first-order valence-corrected chi connectivity index (χ1v) is 9.39. The van der Waals surface area contributed by atoms with Crippen LogP contribution in [-0.4, -0.2) is 59.2 Å². The van der Waals surface area contributed by atoms with Gasteiger partial charge in [-0.15, -0.1) is 21.8 Å². The summed E-state index contributed by atoms with van der Waals surface area (Å²) < 4.78 is 5.92. The molecule has 132 valence electrons. The van der Waals surface area contributed by atoms with Crippen LogP contribution in [0.5, 0.6) is 5.88 Å². The third-order valence-corrected chi connectivity index (χ3v) is 4.92. The molecule has 1 aromatic rings. The molecule has 2 aliphatic rings. The monoisotopic (exact) mass is 352 g/mol. The Hall–Kier alpha value is -1.56. The van der Waals surface area contributed by atoms with Crippen molar-refractivity contribution in [2.75, 3.05) is 37.0 Å². The zero-order valence-corrected chi connectivity index (χ0v) is 14.7. The first-order valence-electron chi connectivity index (χ1n) is 8.85. The molecule has 24 heavy (non-hydrogen) atoms. The fraction of sp³-hybridized carbons (Fsp3) is 0.706. The van der Waals surface area contributed by atoms with Crippen molar-refractivity contribution in [2.24, 2.45) is 0 Å². The highest BCUT2D eigenvalue weighted by atomic mass is 35.5. The van der Waals surface area contributed by atoms with Crippen molar-refractivity contribution in [2.45, 2.75) is 44.6 Å². The van der Waals surface area contributed by atoms with Crippen molar-refractivity contribution in [1.29, 1.82) is 0 Å². The second-order valence-electron chi connectivity index (χ2n) is 6.41. The van der Waals surface area contributed by atoms with Gasteiger partial charge in [-0.1, -0.05) is 6.42 Å². The standard InChI is InChI=1S/C17H25ClN4O2/c18-9-8-17(23)22-12-10-21(11-13-22)15-6-7-16(20-19-15)24-14-4-2-1-3-5-14/h6-7,14H,1-5,8-13H2. The van der Waals surface area contributed by atoms with Crippen molar-refractivity contribution in [3.8, 4) is 5.88 Å². The number of ether oxygens (including phenoxy) is 1. The number of piperazine rings is 1. The van der Waals surface area contributed by atoms with E-state index in [1.54, 1.807) is 0 Å². The lowest BCUT2D eigenvalue weighted by Gasteiger charge is -2.35. The van der Waals surface area contributed by atoms with Crippen LogP contribution in [0.4, 0.5) is 5.82 Å². The zero-order chi connectivity index (χ0) is 16.8. The number of carbonyl (C=O) groups excluding carboxylic acids is 1. The van der Waals surface area contributed by atoms with Gasteiger partial charge in [-0.25, -0.2) is 0 Å². The molecule has 0 N–H and O–H groups in total. The molecular formula is C17H25ClN4O2. The van der Waals surface area contributed by atoms with E-state index in [1.807, 2.05) is 17.0 Å². The van der Waals surface area contributed by atoms with Crippen LogP contribution < -0.4 is 9.64 Å². The number of aromatic nitrogens is 2. The third kappa shape index (κ3) is 4.50. The Kier molecular flexibility index (Phi) is 6.12.